The van der Waals surface area contributed by atoms with Crippen LogP contribution in [0.5, 0.6) is 5.75 Å². The highest BCUT2D eigenvalue weighted by molar-refractivity contribution is 5.92. The monoisotopic (exact) mass is 357 g/mol. The molecule has 0 unspecified atom stereocenters. The summed E-state index contributed by atoms with van der Waals surface area (Å²) in [4.78, 5) is 8.17. The van der Waals surface area contributed by atoms with E-state index in [0.29, 0.717) is 17.1 Å². The number of aromatic nitrogens is 4. The number of aryl methyl sites for hydroxylation is 1. The molecule has 0 bridgehead atoms. The van der Waals surface area contributed by atoms with Crippen LogP contribution in [0.3, 0.4) is 0 Å². The summed E-state index contributed by atoms with van der Waals surface area (Å²) in [5.74, 6) is 1.36. The molecule has 1 atom stereocenters. The molecule has 0 radical (unpaired) electrons. The van der Waals surface area contributed by atoms with Crippen molar-refractivity contribution in [2.24, 2.45) is 0 Å². The molecule has 1 N–H and O–H groups in total. The van der Waals surface area contributed by atoms with E-state index in [0.717, 1.165) is 47.0 Å². The van der Waals surface area contributed by atoms with Crippen LogP contribution in [0.2, 0.25) is 0 Å². The number of H-pyrrole nitrogens is 1. The third kappa shape index (κ3) is 2.72. The lowest BCUT2D eigenvalue weighted by molar-refractivity contribution is 0.183. The van der Waals surface area contributed by atoms with Gasteiger partial charge in [-0.15, -0.1) is 0 Å². The number of nitrogens with one attached hydrogen (secondary N) is 1. The second-order valence-electron chi connectivity index (χ2n) is 6.52. The minimum Gasteiger partial charge on any atom is -0.486 e. The van der Waals surface area contributed by atoms with Gasteiger partial charge in [-0.2, -0.15) is 10.4 Å². The molecule has 27 heavy (non-hydrogen) atoms. The molecule has 4 aromatic rings. The molecule has 7 nitrogen and oxygen atoms in total. The average Bonchev–Trinajstić information content (AvgIpc) is 3.37. The van der Waals surface area contributed by atoms with Crippen LogP contribution in [0, 0.1) is 11.3 Å². The smallest absolute Gasteiger partial charge is 0.181 e. The lowest BCUT2D eigenvalue weighted by atomic mass is 9.90. The highest BCUT2D eigenvalue weighted by Gasteiger charge is 2.23. The third-order valence-electron chi connectivity index (χ3n) is 4.88. The topological polar surface area (TPSA) is 101 Å². The fourth-order valence-corrected chi connectivity index (χ4v) is 3.58. The number of ether oxygens (including phenoxy) is 1. The van der Waals surface area contributed by atoms with Gasteiger partial charge in [-0.25, -0.2) is 9.97 Å². The number of hydrogen-bond donors (Lipinski definition) is 1. The molecule has 5 rings (SSSR count). The third-order valence-corrected chi connectivity index (χ3v) is 4.88. The molecule has 0 aliphatic heterocycles. The van der Waals surface area contributed by atoms with Crippen LogP contribution in [0.4, 0.5) is 0 Å². The zero-order valence-electron chi connectivity index (χ0n) is 14.3. The summed E-state index contributed by atoms with van der Waals surface area (Å²) in [5, 5.41) is 17.3. The maximum absolute atomic E-state index is 9.06. The fourth-order valence-electron chi connectivity index (χ4n) is 3.58. The number of fused-ring (bicyclic) bond motifs is 2. The van der Waals surface area contributed by atoms with Crippen molar-refractivity contribution >= 4 is 10.9 Å². The van der Waals surface area contributed by atoms with E-state index >= 15 is 0 Å². The van der Waals surface area contributed by atoms with Gasteiger partial charge < -0.3 is 9.15 Å². The van der Waals surface area contributed by atoms with Crippen molar-refractivity contribution in [2.75, 3.05) is 0 Å². The summed E-state index contributed by atoms with van der Waals surface area (Å²) in [6.45, 7) is 0. The Balaban J connectivity index is 1.49. The molecule has 0 amide bonds. The van der Waals surface area contributed by atoms with E-state index < -0.39 is 0 Å². The Kier molecular flexibility index (Phi) is 3.61. The molecule has 3 heterocycles. The van der Waals surface area contributed by atoms with Gasteiger partial charge in [0.15, 0.2) is 12.2 Å². The number of rotatable bonds is 3. The van der Waals surface area contributed by atoms with E-state index in [1.54, 1.807) is 12.4 Å². The predicted molar refractivity (Wildman–Crippen MR) is 96.8 cm³/mol. The predicted octanol–water partition coefficient (Wildman–Crippen LogP) is 3.94. The fraction of sp³-hybridized carbons (Fsp3) is 0.200. The Bertz CT molecular complexity index is 1160. The molecular formula is C20H15N5O2. The molecule has 0 fully saturated rings. The number of benzene rings is 1. The SMILES string of the molecule is N#Cc1cc2c(cn1)[C@H](Oc1ccc3[nH]nc(-c4cnco4)c3c1)CCC2. The first-order chi connectivity index (χ1) is 13.3. The second kappa shape index (κ2) is 6.25. The molecule has 1 aliphatic rings. The zero-order chi connectivity index (χ0) is 18.2. The summed E-state index contributed by atoms with van der Waals surface area (Å²) in [6, 6.07) is 9.80. The molecule has 0 saturated carbocycles. The van der Waals surface area contributed by atoms with Crippen LogP contribution in [0.1, 0.15) is 35.8 Å². The Hall–Kier alpha value is -3.66. The molecule has 132 valence electrons. The van der Waals surface area contributed by atoms with Crippen LogP contribution in [0.25, 0.3) is 22.4 Å². The average molecular weight is 357 g/mol. The van der Waals surface area contributed by atoms with Crippen molar-refractivity contribution in [2.45, 2.75) is 25.4 Å². The first-order valence-corrected chi connectivity index (χ1v) is 8.74. The van der Waals surface area contributed by atoms with E-state index in [-0.39, 0.29) is 6.10 Å². The minimum absolute atomic E-state index is 0.0768. The number of hydrogen-bond acceptors (Lipinski definition) is 6. The Labute approximate surface area is 154 Å². The molecule has 7 heteroatoms. The molecular weight excluding hydrogens is 342 g/mol. The molecule has 1 aliphatic carbocycles. The number of nitriles is 1. The molecule has 3 aromatic heterocycles. The Morgan fingerprint density at radius 3 is 3.07 bits per heavy atom. The molecule has 1 aromatic carbocycles. The summed E-state index contributed by atoms with van der Waals surface area (Å²) in [5.41, 5.74) is 4.26. The zero-order valence-corrected chi connectivity index (χ0v) is 14.3. The summed E-state index contributed by atoms with van der Waals surface area (Å²) < 4.78 is 11.7. The van der Waals surface area contributed by atoms with Gasteiger partial charge in [-0.3, -0.25) is 5.10 Å². The van der Waals surface area contributed by atoms with E-state index in [4.69, 9.17) is 14.4 Å². The van der Waals surface area contributed by atoms with Crippen LogP contribution in [-0.4, -0.2) is 20.2 Å². The quantitative estimate of drug-likeness (QED) is 0.596. The largest absolute Gasteiger partial charge is 0.486 e. The van der Waals surface area contributed by atoms with E-state index in [9.17, 15) is 0 Å². The van der Waals surface area contributed by atoms with Crippen molar-refractivity contribution in [1.82, 2.24) is 20.2 Å². The summed E-state index contributed by atoms with van der Waals surface area (Å²) in [6.07, 6.45) is 7.60. The van der Waals surface area contributed by atoms with Crippen molar-refractivity contribution in [3.8, 4) is 23.3 Å². The number of oxazole rings is 1. The van der Waals surface area contributed by atoms with Gasteiger partial charge >= 0.3 is 0 Å². The Morgan fingerprint density at radius 2 is 2.22 bits per heavy atom. The maximum atomic E-state index is 9.06. The van der Waals surface area contributed by atoms with Gasteiger partial charge in [0.25, 0.3) is 0 Å². The summed E-state index contributed by atoms with van der Waals surface area (Å²) >= 11 is 0. The van der Waals surface area contributed by atoms with Gasteiger partial charge in [-0.1, -0.05) is 0 Å². The van der Waals surface area contributed by atoms with Crippen molar-refractivity contribution in [3.05, 3.63) is 59.9 Å². The van der Waals surface area contributed by atoms with Crippen LogP contribution < -0.4 is 4.74 Å². The van der Waals surface area contributed by atoms with Gasteiger partial charge in [0.1, 0.15) is 29.3 Å². The first kappa shape index (κ1) is 15.6. The Morgan fingerprint density at radius 1 is 1.26 bits per heavy atom. The molecule has 0 spiro atoms. The number of aromatic amines is 1. The van der Waals surface area contributed by atoms with Gasteiger partial charge in [-0.05, 0) is 49.1 Å². The van der Waals surface area contributed by atoms with Gasteiger partial charge in [0.05, 0.1) is 11.7 Å². The van der Waals surface area contributed by atoms with Crippen LogP contribution in [0.15, 0.2) is 47.5 Å². The lowest BCUT2D eigenvalue weighted by Gasteiger charge is -2.26. The van der Waals surface area contributed by atoms with E-state index in [1.807, 2.05) is 24.3 Å². The van der Waals surface area contributed by atoms with Gasteiger partial charge in [0, 0.05) is 17.1 Å². The lowest BCUT2D eigenvalue weighted by Crippen LogP contribution is -2.16. The van der Waals surface area contributed by atoms with Crippen LogP contribution in [-0.2, 0) is 6.42 Å². The first-order valence-electron chi connectivity index (χ1n) is 8.74. The second-order valence-corrected chi connectivity index (χ2v) is 6.52. The number of pyridine rings is 1. The molecule has 0 saturated heterocycles. The minimum atomic E-state index is -0.0768. The van der Waals surface area contributed by atoms with Crippen molar-refractivity contribution in [1.29, 1.82) is 5.26 Å². The number of nitrogens with zero attached hydrogens (tertiary/aromatic N) is 4. The van der Waals surface area contributed by atoms with Crippen molar-refractivity contribution in [3.63, 3.8) is 0 Å². The standard InChI is InChI=1S/C20H15N5O2/c21-8-13-6-12-2-1-3-18(16(12)9-23-13)27-14-4-5-17-15(7-14)20(25-24-17)19-10-22-11-26-19/h4-7,9-11,18H,1-3H2,(H,24,25)/t18-/m1/s1. The van der Waals surface area contributed by atoms with Crippen molar-refractivity contribution < 1.29 is 9.15 Å². The van der Waals surface area contributed by atoms with E-state index in [1.165, 1.54) is 6.39 Å². The highest BCUT2D eigenvalue weighted by Crippen LogP contribution is 2.35. The summed E-state index contributed by atoms with van der Waals surface area (Å²) in [7, 11) is 0. The normalized spacial score (nSPS) is 16.0. The maximum Gasteiger partial charge on any atom is 0.181 e. The van der Waals surface area contributed by atoms with E-state index in [2.05, 4.69) is 26.2 Å². The highest BCUT2D eigenvalue weighted by atomic mass is 16.5. The van der Waals surface area contributed by atoms with Crippen LogP contribution >= 0.6 is 0 Å². The van der Waals surface area contributed by atoms with Gasteiger partial charge in [0.2, 0.25) is 0 Å².